The van der Waals surface area contributed by atoms with E-state index in [0.29, 0.717) is 35.8 Å². The molecule has 1 aliphatic rings. The highest BCUT2D eigenvalue weighted by Gasteiger charge is 2.18. The number of anilines is 3. The lowest BCUT2D eigenvalue weighted by Crippen LogP contribution is -2.45. The summed E-state index contributed by atoms with van der Waals surface area (Å²) in [4.78, 5) is 34.7. The van der Waals surface area contributed by atoms with E-state index < -0.39 is 0 Å². The number of nitrogens with zero attached hydrogens (tertiary/aromatic N) is 6. The van der Waals surface area contributed by atoms with Crippen LogP contribution in [0.5, 0.6) is 0 Å². The van der Waals surface area contributed by atoms with Gasteiger partial charge < -0.3 is 15.1 Å². The highest BCUT2D eigenvalue weighted by Crippen LogP contribution is 2.22. The molecule has 9 nitrogen and oxygen atoms in total. The lowest BCUT2D eigenvalue weighted by Gasteiger charge is -2.32. The number of hydrogen-bond donors (Lipinski definition) is 2. The Morgan fingerprint density at radius 1 is 1.27 bits per heavy atom. The molecule has 0 aromatic carbocycles. The molecule has 0 bridgehead atoms. The summed E-state index contributed by atoms with van der Waals surface area (Å²) in [7, 11) is 2.11. The molecule has 2 aromatic rings. The third kappa shape index (κ3) is 4.85. The van der Waals surface area contributed by atoms with Crippen molar-refractivity contribution in [3.63, 3.8) is 0 Å². The van der Waals surface area contributed by atoms with E-state index in [2.05, 4.69) is 47.4 Å². The molecule has 0 spiro atoms. The topological polar surface area (TPSA) is 99.2 Å². The van der Waals surface area contributed by atoms with Crippen LogP contribution in [0.15, 0.2) is 6.20 Å². The van der Waals surface area contributed by atoms with Gasteiger partial charge in [0.15, 0.2) is 5.13 Å². The molecule has 144 valence electrons. The SMILES string of the molecule is CCNC(=O)Cc1cnc(Nc2nc(C)nc(N3CCN(C)CC3)n2)s1.[HH].[HH]. The molecule has 2 N–H and O–H groups in total. The van der Waals surface area contributed by atoms with E-state index in [9.17, 15) is 4.79 Å². The van der Waals surface area contributed by atoms with Crippen LogP contribution in [0.2, 0.25) is 0 Å². The van der Waals surface area contributed by atoms with E-state index in [0.717, 1.165) is 31.1 Å². The van der Waals surface area contributed by atoms with Crippen molar-refractivity contribution >= 4 is 34.3 Å². The molecule has 1 fully saturated rings. The van der Waals surface area contributed by atoms with Crippen LogP contribution in [-0.4, -0.2) is 70.5 Å². The van der Waals surface area contributed by atoms with Gasteiger partial charge in [-0.15, -0.1) is 11.3 Å². The van der Waals surface area contributed by atoms with Gasteiger partial charge in [-0.3, -0.25) is 10.1 Å². The number of amides is 1. The summed E-state index contributed by atoms with van der Waals surface area (Å²) in [6.45, 7) is 8.16. The van der Waals surface area contributed by atoms with E-state index in [1.54, 1.807) is 6.20 Å². The molecular formula is C16H28N8OS. The first-order chi connectivity index (χ1) is 12.5. The standard InChI is InChI=1S/C16H24N8OS.2H2/c1-4-17-13(25)9-12-10-18-16(26-12)22-14-19-11(2)20-15(21-14)24-7-5-23(3)6-8-24;;/h10H,4-9H2,1-3H3,(H,17,25)(H,18,19,20,21,22);2*1H. The van der Waals surface area contributed by atoms with Crippen molar-refractivity contribution in [3.05, 3.63) is 16.9 Å². The van der Waals surface area contributed by atoms with Crippen molar-refractivity contribution in [1.82, 2.24) is 30.2 Å². The van der Waals surface area contributed by atoms with Crippen LogP contribution in [0, 0.1) is 6.92 Å². The molecule has 26 heavy (non-hydrogen) atoms. The Morgan fingerprint density at radius 2 is 2.04 bits per heavy atom. The predicted octanol–water partition coefficient (Wildman–Crippen LogP) is 1.30. The largest absolute Gasteiger partial charge is 0.356 e. The molecule has 1 aliphatic heterocycles. The zero-order valence-corrected chi connectivity index (χ0v) is 16.1. The molecule has 3 rings (SSSR count). The first kappa shape index (κ1) is 18.5. The average Bonchev–Trinajstić information content (AvgIpc) is 3.02. The van der Waals surface area contributed by atoms with Crippen molar-refractivity contribution in [2.45, 2.75) is 20.3 Å². The van der Waals surface area contributed by atoms with Gasteiger partial charge in [-0.2, -0.15) is 15.0 Å². The summed E-state index contributed by atoms with van der Waals surface area (Å²) >= 11 is 1.43. The molecule has 0 saturated carbocycles. The summed E-state index contributed by atoms with van der Waals surface area (Å²) in [5, 5.41) is 6.59. The van der Waals surface area contributed by atoms with Crippen molar-refractivity contribution in [1.29, 1.82) is 0 Å². The van der Waals surface area contributed by atoms with Gasteiger partial charge in [-0.1, -0.05) is 0 Å². The van der Waals surface area contributed by atoms with E-state index in [-0.39, 0.29) is 8.76 Å². The Labute approximate surface area is 159 Å². The first-order valence-corrected chi connectivity index (χ1v) is 9.49. The summed E-state index contributed by atoms with van der Waals surface area (Å²) in [5.41, 5.74) is 0. The van der Waals surface area contributed by atoms with E-state index in [1.165, 1.54) is 11.3 Å². The number of nitrogens with one attached hydrogen (secondary N) is 2. The molecule has 1 amide bonds. The van der Waals surface area contributed by atoms with Gasteiger partial charge >= 0.3 is 0 Å². The van der Waals surface area contributed by atoms with Gasteiger partial charge in [0, 0.05) is 46.7 Å². The molecule has 0 atom stereocenters. The fourth-order valence-corrected chi connectivity index (χ4v) is 3.44. The van der Waals surface area contributed by atoms with Crippen molar-refractivity contribution < 1.29 is 7.65 Å². The van der Waals surface area contributed by atoms with Gasteiger partial charge in [0.25, 0.3) is 0 Å². The third-order valence-electron chi connectivity index (χ3n) is 4.00. The van der Waals surface area contributed by atoms with E-state index in [1.807, 2.05) is 13.8 Å². The minimum absolute atomic E-state index is 0. The predicted molar refractivity (Wildman–Crippen MR) is 106 cm³/mol. The Balaban J connectivity index is 0.00000196. The Bertz CT molecular complexity index is 767. The van der Waals surface area contributed by atoms with Gasteiger partial charge in [0.05, 0.1) is 6.42 Å². The lowest BCUT2D eigenvalue weighted by atomic mass is 10.3. The fourth-order valence-electron chi connectivity index (χ4n) is 2.63. The minimum atomic E-state index is -0.00365. The van der Waals surface area contributed by atoms with E-state index >= 15 is 0 Å². The Morgan fingerprint density at radius 3 is 2.77 bits per heavy atom. The quantitative estimate of drug-likeness (QED) is 0.774. The van der Waals surface area contributed by atoms with E-state index in [4.69, 9.17) is 0 Å². The average molecular weight is 381 g/mol. The maximum Gasteiger partial charge on any atom is 0.234 e. The molecule has 0 unspecified atom stereocenters. The number of hydrogen-bond acceptors (Lipinski definition) is 9. The van der Waals surface area contributed by atoms with Crippen LogP contribution in [0.3, 0.4) is 0 Å². The van der Waals surface area contributed by atoms with Gasteiger partial charge in [0.1, 0.15) is 5.82 Å². The molecule has 3 heterocycles. The van der Waals surface area contributed by atoms with Crippen LogP contribution in [0.25, 0.3) is 0 Å². The number of carbonyl (C=O) groups excluding carboxylic acids is 1. The van der Waals surface area contributed by atoms with Crippen LogP contribution in [0.1, 0.15) is 20.5 Å². The number of piperazine rings is 1. The third-order valence-corrected chi connectivity index (χ3v) is 4.92. The first-order valence-electron chi connectivity index (χ1n) is 8.68. The summed E-state index contributed by atoms with van der Waals surface area (Å²) < 4.78 is 0. The fraction of sp³-hybridized carbons (Fsp3) is 0.562. The van der Waals surface area contributed by atoms with Gasteiger partial charge in [0.2, 0.25) is 17.8 Å². The van der Waals surface area contributed by atoms with Crippen LogP contribution >= 0.6 is 11.3 Å². The number of aromatic nitrogens is 4. The summed E-state index contributed by atoms with van der Waals surface area (Å²) in [6, 6.07) is 0. The summed E-state index contributed by atoms with van der Waals surface area (Å²) in [6.07, 6.45) is 2.04. The van der Waals surface area contributed by atoms with Crippen molar-refractivity contribution in [2.24, 2.45) is 0 Å². The van der Waals surface area contributed by atoms with Crippen molar-refractivity contribution in [3.8, 4) is 0 Å². The zero-order chi connectivity index (χ0) is 18.5. The highest BCUT2D eigenvalue weighted by molar-refractivity contribution is 7.15. The number of rotatable bonds is 6. The van der Waals surface area contributed by atoms with Crippen molar-refractivity contribution in [2.75, 3.05) is 50.0 Å². The Kier molecular flexibility index (Phi) is 5.94. The molecule has 1 saturated heterocycles. The number of thiazole rings is 1. The van der Waals surface area contributed by atoms with Crippen LogP contribution in [0.4, 0.5) is 17.0 Å². The Hall–Kier alpha value is -2.33. The second kappa shape index (κ2) is 8.37. The normalized spacial score (nSPS) is 15.1. The maximum atomic E-state index is 11.7. The highest BCUT2D eigenvalue weighted by atomic mass is 32.1. The molecule has 0 aliphatic carbocycles. The van der Waals surface area contributed by atoms with Crippen LogP contribution < -0.4 is 15.5 Å². The minimum Gasteiger partial charge on any atom is -0.356 e. The maximum absolute atomic E-state index is 11.7. The molecule has 2 aromatic heterocycles. The second-order valence-electron chi connectivity index (χ2n) is 6.18. The molecule has 10 heteroatoms. The van der Waals surface area contributed by atoms with Gasteiger partial charge in [-0.05, 0) is 20.9 Å². The number of likely N-dealkylation sites (N-methyl/N-ethyl adjacent to an activating group) is 2. The van der Waals surface area contributed by atoms with Gasteiger partial charge in [-0.25, -0.2) is 4.98 Å². The molecule has 0 radical (unpaired) electrons. The van der Waals surface area contributed by atoms with Crippen LogP contribution in [-0.2, 0) is 11.2 Å². The monoisotopic (exact) mass is 380 g/mol. The second-order valence-corrected chi connectivity index (χ2v) is 7.30. The number of carbonyl (C=O) groups is 1. The summed E-state index contributed by atoms with van der Waals surface area (Å²) in [5.74, 6) is 1.82. The smallest absolute Gasteiger partial charge is 0.234 e. The lowest BCUT2D eigenvalue weighted by molar-refractivity contribution is -0.120. The zero-order valence-electron chi connectivity index (χ0n) is 15.3. The molecular weight excluding hydrogens is 352 g/mol. The number of aryl methyl sites for hydroxylation is 1.